The molecular formula is C18H20N2O2. The number of carbonyl (C=O) groups excluding carboxylic acids is 1. The van der Waals surface area contributed by atoms with Gasteiger partial charge < -0.3 is 9.64 Å². The minimum atomic E-state index is -0.0658. The first-order valence-electron chi connectivity index (χ1n) is 7.59. The summed E-state index contributed by atoms with van der Waals surface area (Å²) in [6.07, 6.45) is 5.47. The van der Waals surface area contributed by atoms with E-state index in [1.54, 1.807) is 32.4 Å². The van der Waals surface area contributed by atoms with Crippen LogP contribution < -0.4 is 4.74 Å². The van der Waals surface area contributed by atoms with E-state index in [4.69, 9.17) is 4.74 Å². The molecule has 1 aliphatic rings. The van der Waals surface area contributed by atoms with Gasteiger partial charge in [0.2, 0.25) is 5.88 Å². The molecule has 0 atom stereocenters. The van der Waals surface area contributed by atoms with Crippen LogP contribution in [0.1, 0.15) is 41.1 Å². The lowest BCUT2D eigenvalue weighted by Crippen LogP contribution is -2.21. The standard InChI is InChI=1S/C18H20N2O2/c1-20(2)18(21)15-8-11-17(19-12-15)22-16-9-6-14(7-10-16)13-4-3-5-13/h6-13H,3-5H2,1-2H3. The van der Waals surface area contributed by atoms with Gasteiger partial charge in [-0.2, -0.15) is 0 Å². The molecule has 4 nitrogen and oxygen atoms in total. The molecule has 0 spiro atoms. The molecule has 2 aromatic rings. The molecule has 0 bridgehead atoms. The summed E-state index contributed by atoms with van der Waals surface area (Å²) in [5, 5.41) is 0. The van der Waals surface area contributed by atoms with E-state index in [0.29, 0.717) is 11.4 Å². The number of benzene rings is 1. The molecule has 4 heteroatoms. The van der Waals surface area contributed by atoms with Gasteiger partial charge in [0.1, 0.15) is 5.75 Å². The molecule has 0 aliphatic heterocycles. The Labute approximate surface area is 130 Å². The van der Waals surface area contributed by atoms with Gasteiger partial charge in [0.15, 0.2) is 0 Å². The molecule has 0 unspecified atom stereocenters. The highest BCUT2D eigenvalue weighted by atomic mass is 16.5. The first-order chi connectivity index (χ1) is 10.6. The number of carbonyl (C=O) groups is 1. The maximum absolute atomic E-state index is 11.8. The second kappa shape index (κ2) is 6.18. The minimum absolute atomic E-state index is 0.0658. The topological polar surface area (TPSA) is 42.4 Å². The van der Waals surface area contributed by atoms with Crippen molar-refractivity contribution in [1.82, 2.24) is 9.88 Å². The monoisotopic (exact) mass is 296 g/mol. The molecule has 0 saturated heterocycles. The molecule has 0 radical (unpaired) electrons. The number of ether oxygens (including phenoxy) is 1. The zero-order valence-electron chi connectivity index (χ0n) is 13.0. The number of aromatic nitrogens is 1. The lowest BCUT2D eigenvalue weighted by atomic mass is 9.80. The van der Waals surface area contributed by atoms with E-state index >= 15 is 0 Å². The van der Waals surface area contributed by atoms with Gasteiger partial charge in [0, 0.05) is 26.4 Å². The van der Waals surface area contributed by atoms with Gasteiger partial charge in [-0.1, -0.05) is 18.6 Å². The Balaban J connectivity index is 1.66. The van der Waals surface area contributed by atoms with Crippen LogP contribution in [-0.2, 0) is 0 Å². The lowest BCUT2D eigenvalue weighted by Gasteiger charge is -2.25. The fourth-order valence-corrected chi connectivity index (χ4v) is 2.50. The van der Waals surface area contributed by atoms with Crippen molar-refractivity contribution in [2.45, 2.75) is 25.2 Å². The predicted octanol–water partition coefficient (Wildman–Crippen LogP) is 3.84. The molecule has 1 aliphatic carbocycles. The van der Waals surface area contributed by atoms with E-state index in [9.17, 15) is 4.79 Å². The van der Waals surface area contributed by atoms with E-state index in [-0.39, 0.29) is 5.91 Å². The second-order valence-electron chi connectivity index (χ2n) is 5.88. The van der Waals surface area contributed by atoms with Gasteiger partial charge in [-0.3, -0.25) is 4.79 Å². The summed E-state index contributed by atoms with van der Waals surface area (Å²) in [6, 6.07) is 11.7. The van der Waals surface area contributed by atoms with Crippen LogP contribution in [0.2, 0.25) is 0 Å². The van der Waals surface area contributed by atoms with Gasteiger partial charge in [0.25, 0.3) is 5.91 Å². The highest BCUT2D eigenvalue weighted by Gasteiger charge is 2.19. The number of nitrogens with zero attached hydrogens (tertiary/aromatic N) is 2. The van der Waals surface area contributed by atoms with Crippen molar-refractivity contribution in [3.8, 4) is 11.6 Å². The average molecular weight is 296 g/mol. The largest absolute Gasteiger partial charge is 0.439 e. The molecule has 22 heavy (non-hydrogen) atoms. The Morgan fingerprint density at radius 3 is 2.36 bits per heavy atom. The molecule has 1 fully saturated rings. The molecule has 1 aromatic heterocycles. The van der Waals surface area contributed by atoms with Gasteiger partial charge in [0.05, 0.1) is 5.56 Å². The van der Waals surface area contributed by atoms with E-state index in [1.165, 1.54) is 29.7 Å². The summed E-state index contributed by atoms with van der Waals surface area (Å²) in [6.45, 7) is 0. The summed E-state index contributed by atoms with van der Waals surface area (Å²) in [4.78, 5) is 17.5. The average Bonchev–Trinajstić information content (AvgIpc) is 2.47. The number of pyridine rings is 1. The van der Waals surface area contributed by atoms with E-state index in [1.807, 2.05) is 12.1 Å². The SMILES string of the molecule is CN(C)C(=O)c1ccc(Oc2ccc(C3CCC3)cc2)nc1. The summed E-state index contributed by atoms with van der Waals surface area (Å²) in [5.74, 6) is 1.92. The number of hydrogen-bond acceptors (Lipinski definition) is 3. The molecule has 114 valence electrons. The minimum Gasteiger partial charge on any atom is -0.439 e. The van der Waals surface area contributed by atoms with Gasteiger partial charge in [-0.15, -0.1) is 0 Å². The molecular weight excluding hydrogens is 276 g/mol. The van der Waals surface area contributed by atoms with E-state index in [2.05, 4.69) is 17.1 Å². The fourth-order valence-electron chi connectivity index (χ4n) is 2.50. The molecule has 3 rings (SSSR count). The smallest absolute Gasteiger partial charge is 0.254 e. The van der Waals surface area contributed by atoms with Crippen LogP contribution in [0.3, 0.4) is 0 Å². The highest BCUT2D eigenvalue weighted by molar-refractivity contribution is 5.93. The normalized spacial score (nSPS) is 14.3. The van der Waals surface area contributed by atoms with Crippen molar-refractivity contribution >= 4 is 5.91 Å². The highest BCUT2D eigenvalue weighted by Crippen LogP contribution is 2.37. The lowest BCUT2D eigenvalue weighted by molar-refractivity contribution is 0.0827. The molecule has 1 saturated carbocycles. The van der Waals surface area contributed by atoms with Gasteiger partial charge >= 0.3 is 0 Å². The third kappa shape index (κ3) is 3.11. The van der Waals surface area contributed by atoms with Crippen molar-refractivity contribution in [1.29, 1.82) is 0 Å². The summed E-state index contributed by atoms with van der Waals surface area (Å²) < 4.78 is 5.72. The van der Waals surface area contributed by atoms with Crippen molar-refractivity contribution < 1.29 is 9.53 Å². The quantitative estimate of drug-likeness (QED) is 0.860. The van der Waals surface area contributed by atoms with Gasteiger partial charge in [-0.25, -0.2) is 4.98 Å². The number of rotatable bonds is 4. The summed E-state index contributed by atoms with van der Waals surface area (Å²) >= 11 is 0. The first-order valence-corrected chi connectivity index (χ1v) is 7.59. The second-order valence-corrected chi connectivity index (χ2v) is 5.88. The Kier molecular flexibility index (Phi) is 4.09. The Morgan fingerprint density at radius 2 is 1.86 bits per heavy atom. The van der Waals surface area contributed by atoms with Crippen LogP contribution in [0.5, 0.6) is 11.6 Å². The predicted molar refractivity (Wildman–Crippen MR) is 85.4 cm³/mol. The molecule has 1 amide bonds. The third-order valence-corrected chi connectivity index (χ3v) is 4.07. The molecule has 1 heterocycles. The van der Waals surface area contributed by atoms with Crippen LogP contribution in [0.4, 0.5) is 0 Å². The zero-order chi connectivity index (χ0) is 15.5. The van der Waals surface area contributed by atoms with Gasteiger partial charge in [-0.05, 0) is 42.5 Å². The van der Waals surface area contributed by atoms with E-state index < -0.39 is 0 Å². The molecule has 1 aromatic carbocycles. The maximum atomic E-state index is 11.8. The van der Waals surface area contributed by atoms with Crippen LogP contribution in [-0.4, -0.2) is 29.9 Å². The van der Waals surface area contributed by atoms with Crippen LogP contribution in [0, 0.1) is 0 Å². The van der Waals surface area contributed by atoms with Crippen molar-refractivity contribution in [3.05, 3.63) is 53.7 Å². The van der Waals surface area contributed by atoms with Crippen LogP contribution >= 0.6 is 0 Å². The Hall–Kier alpha value is -2.36. The zero-order valence-corrected chi connectivity index (χ0v) is 13.0. The Bertz CT molecular complexity index is 644. The van der Waals surface area contributed by atoms with Crippen molar-refractivity contribution in [2.75, 3.05) is 14.1 Å². The van der Waals surface area contributed by atoms with Crippen molar-refractivity contribution in [3.63, 3.8) is 0 Å². The van der Waals surface area contributed by atoms with Crippen LogP contribution in [0.25, 0.3) is 0 Å². The number of hydrogen-bond donors (Lipinski definition) is 0. The third-order valence-electron chi connectivity index (χ3n) is 4.07. The summed E-state index contributed by atoms with van der Waals surface area (Å²) in [5.41, 5.74) is 1.94. The van der Waals surface area contributed by atoms with Crippen molar-refractivity contribution in [2.24, 2.45) is 0 Å². The Morgan fingerprint density at radius 1 is 1.14 bits per heavy atom. The van der Waals surface area contributed by atoms with Crippen LogP contribution in [0.15, 0.2) is 42.6 Å². The maximum Gasteiger partial charge on any atom is 0.254 e. The fraction of sp³-hybridized carbons (Fsp3) is 0.333. The summed E-state index contributed by atoms with van der Waals surface area (Å²) in [7, 11) is 3.44. The number of amides is 1. The first kappa shape index (κ1) is 14.6. The van der Waals surface area contributed by atoms with E-state index in [0.717, 1.165) is 11.7 Å². The molecule has 0 N–H and O–H groups in total.